The molecule has 0 bridgehead atoms. The van der Waals surface area contributed by atoms with Gasteiger partial charge in [0.2, 0.25) is 12.7 Å². The first-order valence-corrected chi connectivity index (χ1v) is 6.41. The lowest BCUT2D eigenvalue weighted by molar-refractivity contribution is -0.133. The van der Waals surface area contributed by atoms with E-state index in [1.807, 2.05) is 0 Å². The van der Waals surface area contributed by atoms with Gasteiger partial charge in [0.05, 0.1) is 12.5 Å². The van der Waals surface area contributed by atoms with Gasteiger partial charge in [-0.15, -0.1) is 0 Å². The number of rotatable bonds is 6. The van der Waals surface area contributed by atoms with E-state index < -0.39 is 5.92 Å². The second-order valence-electron chi connectivity index (χ2n) is 4.57. The molecule has 1 amide bonds. The molecule has 6 heteroatoms. The average molecular weight is 279 g/mol. The lowest BCUT2D eigenvalue weighted by atomic mass is 9.98. The van der Waals surface area contributed by atoms with Gasteiger partial charge in [0.25, 0.3) is 0 Å². The molecule has 0 saturated carbocycles. The number of hydrogen-bond acceptors (Lipinski definition) is 5. The molecular weight excluding hydrogens is 262 g/mol. The van der Waals surface area contributed by atoms with E-state index in [0.29, 0.717) is 11.5 Å². The van der Waals surface area contributed by atoms with Gasteiger partial charge in [0.15, 0.2) is 11.5 Å². The molecule has 1 unspecified atom stereocenters. The van der Waals surface area contributed by atoms with Gasteiger partial charge in [0, 0.05) is 13.0 Å². The Morgan fingerprint density at radius 1 is 1.35 bits per heavy atom. The first kappa shape index (κ1) is 14.3. The first-order chi connectivity index (χ1) is 9.61. The van der Waals surface area contributed by atoms with E-state index in [1.165, 1.54) is 0 Å². The Kier molecular flexibility index (Phi) is 4.57. The van der Waals surface area contributed by atoms with Crippen LogP contribution in [0.15, 0.2) is 18.2 Å². The van der Waals surface area contributed by atoms with Crippen LogP contribution in [0.3, 0.4) is 0 Å². The molecule has 20 heavy (non-hydrogen) atoms. The van der Waals surface area contributed by atoms with Crippen molar-refractivity contribution < 1.29 is 24.2 Å². The standard InChI is InChI=1S/C14H17NO5/c1-9(14(18)15-4-5-16)11(17)6-10-2-3-12-13(7-10)20-8-19-12/h2-3,7,9,16H,4-6,8H2,1H3,(H,15,18). The largest absolute Gasteiger partial charge is 0.454 e. The number of aliphatic hydroxyl groups excluding tert-OH is 1. The van der Waals surface area contributed by atoms with Crippen LogP contribution < -0.4 is 14.8 Å². The molecule has 6 nitrogen and oxygen atoms in total. The molecule has 0 aliphatic carbocycles. The molecule has 1 aliphatic rings. The average Bonchev–Trinajstić information content (AvgIpc) is 2.91. The van der Waals surface area contributed by atoms with E-state index in [4.69, 9.17) is 14.6 Å². The van der Waals surface area contributed by atoms with Crippen molar-refractivity contribution in [3.63, 3.8) is 0 Å². The van der Waals surface area contributed by atoms with Gasteiger partial charge in [-0.25, -0.2) is 0 Å². The van der Waals surface area contributed by atoms with Crippen LogP contribution in [0.5, 0.6) is 11.5 Å². The number of nitrogens with one attached hydrogen (secondary N) is 1. The minimum absolute atomic E-state index is 0.144. The van der Waals surface area contributed by atoms with Crippen molar-refractivity contribution in [3.8, 4) is 11.5 Å². The van der Waals surface area contributed by atoms with E-state index in [0.717, 1.165) is 5.56 Å². The maximum absolute atomic E-state index is 12.0. The number of amides is 1. The maximum Gasteiger partial charge on any atom is 0.231 e. The molecule has 0 spiro atoms. The third-order valence-corrected chi connectivity index (χ3v) is 3.10. The highest BCUT2D eigenvalue weighted by molar-refractivity contribution is 6.01. The third-order valence-electron chi connectivity index (χ3n) is 3.10. The van der Waals surface area contributed by atoms with Crippen LogP contribution in [-0.4, -0.2) is 36.7 Å². The normalized spacial score (nSPS) is 13.9. The summed E-state index contributed by atoms with van der Waals surface area (Å²) in [5.41, 5.74) is 0.779. The van der Waals surface area contributed by atoms with Gasteiger partial charge >= 0.3 is 0 Å². The van der Waals surface area contributed by atoms with Gasteiger partial charge in [-0.05, 0) is 24.6 Å². The van der Waals surface area contributed by atoms with Crippen LogP contribution in [-0.2, 0) is 16.0 Å². The fraction of sp³-hybridized carbons (Fsp3) is 0.429. The maximum atomic E-state index is 12.0. The Bertz CT molecular complexity index is 514. The van der Waals surface area contributed by atoms with Crippen LogP contribution in [0.2, 0.25) is 0 Å². The number of ether oxygens (including phenoxy) is 2. The zero-order valence-electron chi connectivity index (χ0n) is 11.2. The molecule has 1 atom stereocenters. The van der Waals surface area contributed by atoms with Gasteiger partial charge in [-0.1, -0.05) is 6.07 Å². The van der Waals surface area contributed by atoms with Crippen molar-refractivity contribution in [2.45, 2.75) is 13.3 Å². The Morgan fingerprint density at radius 3 is 2.85 bits per heavy atom. The molecule has 0 fully saturated rings. The number of Topliss-reactive ketones (excluding diaryl/α,β-unsaturated/α-hetero) is 1. The van der Waals surface area contributed by atoms with Crippen molar-refractivity contribution in [1.82, 2.24) is 5.32 Å². The number of benzene rings is 1. The molecule has 1 aromatic rings. The Hall–Kier alpha value is -2.08. The highest BCUT2D eigenvalue weighted by atomic mass is 16.7. The van der Waals surface area contributed by atoms with Gasteiger partial charge in [-0.2, -0.15) is 0 Å². The second-order valence-corrected chi connectivity index (χ2v) is 4.57. The van der Waals surface area contributed by atoms with Crippen LogP contribution in [0.4, 0.5) is 0 Å². The second kappa shape index (κ2) is 6.38. The lowest BCUT2D eigenvalue weighted by Gasteiger charge is -2.10. The number of hydrogen-bond donors (Lipinski definition) is 2. The number of ketones is 1. The van der Waals surface area contributed by atoms with Crippen LogP contribution in [0.25, 0.3) is 0 Å². The SMILES string of the molecule is CC(C(=O)Cc1ccc2c(c1)OCO2)C(=O)NCCO. The lowest BCUT2D eigenvalue weighted by Crippen LogP contribution is -2.35. The van der Waals surface area contributed by atoms with E-state index in [2.05, 4.69) is 5.32 Å². The number of fused-ring (bicyclic) bond motifs is 1. The van der Waals surface area contributed by atoms with Crippen LogP contribution >= 0.6 is 0 Å². The molecule has 2 rings (SSSR count). The molecule has 0 aromatic heterocycles. The summed E-state index contributed by atoms with van der Waals surface area (Å²) >= 11 is 0. The molecular formula is C14H17NO5. The molecule has 2 N–H and O–H groups in total. The highest BCUT2D eigenvalue weighted by Gasteiger charge is 2.22. The predicted octanol–water partition coefficient (Wildman–Crippen LogP) is 0.271. The molecule has 1 aliphatic heterocycles. The van der Waals surface area contributed by atoms with Crippen molar-refractivity contribution >= 4 is 11.7 Å². The summed E-state index contributed by atoms with van der Waals surface area (Å²) in [6, 6.07) is 5.28. The first-order valence-electron chi connectivity index (χ1n) is 6.41. The van der Waals surface area contributed by atoms with E-state index in [9.17, 15) is 9.59 Å². The van der Waals surface area contributed by atoms with Gasteiger partial charge in [0.1, 0.15) is 5.78 Å². The van der Waals surface area contributed by atoms with E-state index in [-0.39, 0.29) is 38.1 Å². The summed E-state index contributed by atoms with van der Waals surface area (Å²) in [5, 5.41) is 11.1. The number of carbonyl (C=O) groups excluding carboxylic acids is 2. The summed E-state index contributed by atoms with van der Waals surface area (Å²) in [7, 11) is 0. The van der Waals surface area contributed by atoms with Crippen molar-refractivity contribution in [2.75, 3.05) is 19.9 Å². The topological polar surface area (TPSA) is 84.9 Å². The molecule has 0 saturated heterocycles. The Morgan fingerprint density at radius 2 is 2.10 bits per heavy atom. The molecule has 1 heterocycles. The van der Waals surface area contributed by atoms with E-state index >= 15 is 0 Å². The van der Waals surface area contributed by atoms with Crippen molar-refractivity contribution in [2.24, 2.45) is 5.92 Å². The highest BCUT2D eigenvalue weighted by Crippen LogP contribution is 2.32. The van der Waals surface area contributed by atoms with Crippen molar-refractivity contribution in [3.05, 3.63) is 23.8 Å². The monoisotopic (exact) mass is 279 g/mol. The Labute approximate surface area is 116 Å². The summed E-state index contributed by atoms with van der Waals surface area (Å²) in [4.78, 5) is 23.7. The minimum Gasteiger partial charge on any atom is -0.454 e. The van der Waals surface area contributed by atoms with Crippen LogP contribution in [0.1, 0.15) is 12.5 Å². The van der Waals surface area contributed by atoms with Crippen molar-refractivity contribution in [1.29, 1.82) is 0 Å². The molecule has 108 valence electrons. The zero-order valence-corrected chi connectivity index (χ0v) is 11.2. The number of carbonyl (C=O) groups is 2. The summed E-state index contributed by atoms with van der Waals surface area (Å²) in [5.74, 6) is -0.0151. The zero-order chi connectivity index (χ0) is 14.5. The third kappa shape index (κ3) is 3.27. The fourth-order valence-corrected chi connectivity index (χ4v) is 1.88. The van der Waals surface area contributed by atoms with Crippen LogP contribution in [0, 0.1) is 5.92 Å². The Balaban J connectivity index is 1.95. The molecule has 0 radical (unpaired) electrons. The smallest absolute Gasteiger partial charge is 0.231 e. The quantitative estimate of drug-likeness (QED) is 0.730. The number of aliphatic hydroxyl groups is 1. The minimum atomic E-state index is -0.744. The summed E-state index contributed by atoms with van der Waals surface area (Å²) in [6.45, 7) is 1.75. The van der Waals surface area contributed by atoms with Gasteiger partial charge in [-0.3, -0.25) is 9.59 Å². The van der Waals surface area contributed by atoms with Gasteiger partial charge < -0.3 is 19.9 Å². The summed E-state index contributed by atoms with van der Waals surface area (Å²) in [6.07, 6.45) is 0.157. The fourth-order valence-electron chi connectivity index (χ4n) is 1.88. The predicted molar refractivity (Wildman–Crippen MR) is 70.5 cm³/mol. The van der Waals surface area contributed by atoms with E-state index in [1.54, 1.807) is 25.1 Å². The molecule has 1 aromatic carbocycles. The summed E-state index contributed by atoms with van der Waals surface area (Å²) < 4.78 is 10.4.